The third-order valence-electron chi connectivity index (χ3n) is 1.85. The van der Waals surface area contributed by atoms with Gasteiger partial charge in [0.15, 0.2) is 0 Å². The monoisotopic (exact) mass is 173 g/mol. The van der Waals surface area contributed by atoms with Crippen LogP contribution in [0.3, 0.4) is 0 Å². The lowest BCUT2D eigenvalue weighted by Crippen LogP contribution is -2.40. The molecule has 12 heavy (non-hydrogen) atoms. The molecular formula is C9H19NO2. The van der Waals surface area contributed by atoms with Crippen LogP contribution in [-0.2, 0) is 9.47 Å². The molecule has 2 atom stereocenters. The molecule has 1 aliphatic rings. The fraction of sp³-hybridized carbons (Fsp3) is 1.00. The molecule has 1 N–H and O–H groups in total. The van der Waals surface area contributed by atoms with Crippen molar-refractivity contribution in [3.63, 3.8) is 0 Å². The third-order valence-corrected chi connectivity index (χ3v) is 1.85. The zero-order valence-electron chi connectivity index (χ0n) is 8.39. The molecule has 0 aromatic rings. The molecule has 3 nitrogen and oxygen atoms in total. The van der Waals surface area contributed by atoms with E-state index in [1.54, 1.807) is 0 Å². The van der Waals surface area contributed by atoms with Gasteiger partial charge < -0.3 is 9.47 Å². The minimum atomic E-state index is -0.0658. The molecule has 72 valence electrons. The first kappa shape index (κ1) is 9.96. The van der Waals surface area contributed by atoms with Crippen molar-refractivity contribution in [2.24, 2.45) is 0 Å². The first-order chi connectivity index (χ1) is 5.49. The Kier molecular flexibility index (Phi) is 3.09. The molecular weight excluding hydrogens is 154 g/mol. The van der Waals surface area contributed by atoms with Crippen molar-refractivity contribution in [3.8, 4) is 0 Å². The van der Waals surface area contributed by atoms with Crippen molar-refractivity contribution in [1.82, 2.24) is 5.32 Å². The number of ether oxygens (including phenoxy) is 2. The number of rotatable bonds is 2. The van der Waals surface area contributed by atoms with Crippen molar-refractivity contribution in [1.29, 1.82) is 0 Å². The lowest BCUT2D eigenvalue weighted by molar-refractivity contribution is -0.0643. The summed E-state index contributed by atoms with van der Waals surface area (Å²) in [5.74, 6) is 0. The Morgan fingerprint density at radius 1 is 1.50 bits per heavy atom. The summed E-state index contributed by atoms with van der Waals surface area (Å²) in [6, 6.07) is 0.351. The average molecular weight is 173 g/mol. The molecule has 0 amide bonds. The van der Waals surface area contributed by atoms with Gasteiger partial charge in [0, 0.05) is 0 Å². The van der Waals surface area contributed by atoms with Gasteiger partial charge in [0.05, 0.1) is 31.1 Å². The van der Waals surface area contributed by atoms with Gasteiger partial charge in [0.25, 0.3) is 0 Å². The molecule has 1 rings (SSSR count). The maximum Gasteiger partial charge on any atom is 0.0969 e. The van der Waals surface area contributed by atoms with Gasteiger partial charge >= 0.3 is 0 Å². The molecule has 3 heteroatoms. The summed E-state index contributed by atoms with van der Waals surface area (Å²) >= 11 is 0. The largest absolute Gasteiger partial charge is 0.371 e. The average Bonchev–Trinajstić information content (AvgIpc) is 2.32. The Bertz CT molecular complexity index is 136. The fourth-order valence-corrected chi connectivity index (χ4v) is 1.35. The van der Waals surface area contributed by atoms with Crippen LogP contribution < -0.4 is 5.32 Å². The number of hydrogen-bond donors (Lipinski definition) is 1. The Hall–Kier alpha value is -0.120. The highest BCUT2D eigenvalue weighted by molar-refractivity contribution is 4.78. The van der Waals surface area contributed by atoms with Crippen LogP contribution in [0.25, 0.3) is 0 Å². The molecule has 1 saturated heterocycles. The highest BCUT2D eigenvalue weighted by Crippen LogP contribution is 2.14. The highest BCUT2D eigenvalue weighted by Gasteiger charge is 2.25. The van der Waals surface area contributed by atoms with Gasteiger partial charge in [-0.3, -0.25) is 5.32 Å². The van der Waals surface area contributed by atoms with E-state index in [1.807, 2.05) is 0 Å². The van der Waals surface area contributed by atoms with Crippen molar-refractivity contribution in [2.75, 3.05) is 13.3 Å². The summed E-state index contributed by atoms with van der Waals surface area (Å²) in [5, 5.41) is 3.23. The van der Waals surface area contributed by atoms with Crippen LogP contribution in [0.2, 0.25) is 0 Å². The molecule has 1 heterocycles. The van der Waals surface area contributed by atoms with E-state index in [0.29, 0.717) is 12.8 Å². The maximum absolute atomic E-state index is 5.78. The third kappa shape index (κ3) is 3.09. The van der Waals surface area contributed by atoms with E-state index in [4.69, 9.17) is 9.47 Å². The summed E-state index contributed by atoms with van der Waals surface area (Å²) in [5.41, 5.74) is -0.0658. The van der Waals surface area contributed by atoms with Crippen LogP contribution in [0.1, 0.15) is 27.7 Å². The van der Waals surface area contributed by atoms with E-state index in [-0.39, 0.29) is 11.7 Å². The zero-order chi connectivity index (χ0) is 9.19. The van der Waals surface area contributed by atoms with E-state index in [2.05, 4.69) is 33.0 Å². The van der Waals surface area contributed by atoms with Crippen molar-refractivity contribution in [2.45, 2.75) is 45.4 Å². The molecule has 0 spiro atoms. The van der Waals surface area contributed by atoms with Crippen molar-refractivity contribution >= 4 is 0 Å². The summed E-state index contributed by atoms with van der Waals surface area (Å²) in [4.78, 5) is 0. The SMILES string of the molecule is C[C@@H](OC(C)(C)C)[C@H]1COCN1. The Labute approximate surface area is 74.4 Å². The molecule has 1 aliphatic heterocycles. The van der Waals surface area contributed by atoms with E-state index in [1.165, 1.54) is 0 Å². The molecule has 0 bridgehead atoms. The Morgan fingerprint density at radius 3 is 2.58 bits per heavy atom. The van der Waals surface area contributed by atoms with Crippen LogP contribution in [0, 0.1) is 0 Å². The lowest BCUT2D eigenvalue weighted by Gasteiger charge is -2.28. The highest BCUT2D eigenvalue weighted by atomic mass is 16.5. The van der Waals surface area contributed by atoms with Gasteiger partial charge in [-0.25, -0.2) is 0 Å². The predicted octanol–water partition coefficient (Wildman–Crippen LogP) is 1.14. The molecule has 0 unspecified atom stereocenters. The van der Waals surface area contributed by atoms with Gasteiger partial charge in [-0.2, -0.15) is 0 Å². The second-order valence-electron chi connectivity index (χ2n) is 4.26. The summed E-state index contributed by atoms with van der Waals surface area (Å²) in [6.07, 6.45) is 0.215. The molecule has 0 aliphatic carbocycles. The molecule has 0 radical (unpaired) electrons. The van der Waals surface area contributed by atoms with E-state index >= 15 is 0 Å². The Balaban J connectivity index is 2.31. The van der Waals surface area contributed by atoms with Gasteiger partial charge in [0.2, 0.25) is 0 Å². The summed E-state index contributed by atoms with van der Waals surface area (Å²) in [7, 11) is 0. The first-order valence-electron chi connectivity index (χ1n) is 4.48. The Morgan fingerprint density at radius 2 is 2.17 bits per heavy atom. The second-order valence-corrected chi connectivity index (χ2v) is 4.26. The molecule has 1 fully saturated rings. The summed E-state index contributed by atoms with van der Waals surface area (Å²) < 4.78 is 11.0. The van der Waals surface area contributed by atoms with Gasteiger partial charge in [-0.15, -0.1) is 0 Å². The smallest absolute Gasteiger partial charge is 0.0969 e. The van der Waals surface area contributed by atoms with Crippen molar-refractivity contribution < 1.29 is 9.47 Å². The minimum Gasteiger partial charge on any atom is -0.371 e. The fourth-order valence-electron chi connectivity index (χ4n) is 1.35. The van der Waals surface area contributed by atoms with E-state index in [0.717, 1.165) is 6.61 Å². The first-order valence-corrected chi connectivity index (χ1v) is 4.48. The number of hydrogen-bond acceptors (Lipinski definition) is 3. The van der Waals surface area contributed by atoms with Crippen molar-refractivity contribution in [3.05, 3.63) is 0 Å². The predicted molar refractivity (Wildman–Crippen MR) is 48.0 cm³/mol. The van der Waals surface area contributed by atoms with Crippen LogP contribution in [-0.4, -0.2) is 31.1 Å². The minimum absolute atomic E-state index is 0.0658. The topological polar surface area (TPSA) is 30.5 Å². The van der Waals surface area contributed by atoms with Gasteiger partial charge in [0.1, 0.15) is 0 Å². The van der Waals surface area contributed by atoms with E-state index in [9.17, 15) is 0 Å². The molecule has 0 saturated carbocycles. The van der Waals surface area contributed by atoms with Crippen LogP contribution >= 0.6 is 0 Å². The maximum atomic E-state index is 5.78. The zero-order valence-corrected chi connectivity index (χ0v) is 8.39. The van der Waals surface area contributed by atoms with E-state index < -0.39 is 0 Å². The van der Waals surface area contributed by atoms with Gasteiger partial charge in [-0.1, -0.05) is 0 Å². The second kappa shape index (κ2) is 3.73. The number of nitrogens with one attached hydrogen (secondary N) is 1. The lowest BCUT2D eigenvalue weighted by atomic mass is 10.1. The normalized spacial score (nSPS) is 27.5. The van der Waals surface area contributed by atoms with Crippen LogP contribution in [0.15, 0.2) is 0 Å². The standard InChI is InChI=1S/C9H19NO2/c1-7(12-9(2,3)4)8-5-11-6-10-8/h7-8,10H,5-6H2,1-4H3/t7-,8-/m1/s1. The van der Waals surface area contributed by atoms with Gasteiger partial charge in [-0.05, 0) is 27.7 Å². The quantitative estimate of drug-likeness (QED) is 0.679. The summed E-state index contributed by atoms with van der Waals surface area (Å²) in [6.45, 7) is 9.70. The molecule has 0 aromatic heterocycles. The van der Waals surface area contributed by atoms with Crippen LogP contribution in [0.4, 0.5) is 0 Å². The molecule has 0 aromatic carbocycles. The van der Waals surface area contributed by atoms with Crippen LogP contribution in [0.5, 0.6) is 0 Å².